The van der Waals surface area contributed by atoms with E-state index in [1.807, 2.05) is 20.8 Å². The van der Waals surface area contributed by atoms with E-state index in [2.05, 4.69) is 20.5 Å². The van der Waals surface area contributed by atoms with E-state index in [-0.39, 0.29) is 12.0 Å². The van der Waals surface area contributed by atoms with E-state index in [1.54, 1.807) is 6.20 Å². The molecule has 0 aliphatic heterocycles. The van der Waals surface area contributed by atoms with Crippen LogP contribution in [0.5, 0.6) is 0 Å². The molecule has 0 saturated carbocycles. The summed E-state index contributed by atoms with van der Waals surface area (Å²) in [7, 11) is 0. The second kappa shape index (κ2) is 5.61. The summed E-state index contributed by atoms with van der Waals surface area (Å²) in [5.41, 5.74) is -0.0964. The minimum Gasteiger partial charge on any atom is -0.480 e. The number of tetrazole rings is 1. The summed E-state index contributed by atoms with van der Waals surface area (Å²) < 4.78 is 6.86. The van der Waals surface area contributed by atoms with Crippen LogP contribution >= 0.6 is 11.8 Å². The van der Waals surface area contributed by atoms with Crippen LogP contribution in [0.2, 0.25) is 0 Å². The molecule has 8 nitrogen and oxygen atoms in total. The number of nitrogens with zero attached hydrogens (tertiary/aromatic N) is 5. The first-order valence-electron chi connectivity index (χ1n) is 5.92. The van der Waals surface area contributed by atoms with Crippen molar-refractivity contribution >= 4 is 17.7 Å². The van der Waals surface area contributed by atoms with E-state index in [1.165, 1.54) is 16.4 Å². The minimum atomic E-state index is -0.995. The molecule has 2 rings (SSSR count). The molecule has 2 aromatic heterocycles. The third kappa shape index (κ3) is 3.56. The average molecular weight is 297 g/mol. The lowest BCUT2D eigenvalue weighted by molar-refractivity contribution is -0.138. The van der Waals surface area contributed by atoms with Crippen LogP contribution in [0, 0.1) is 0 Å². The third-order valence-electron chi connectivity index (χ3n) is 2.40. The van der Waals surface area contributed by atoms with E-state index in [4.69, 9.17) is 9.52 Å². The van der Waals surface area contributed by atoms with Gasteiger partial charge in [0.25, 0.3) is 0 Å². The Morgan fingerprint density at radius 1 is 1.50 bits per heavy atom. The highest BCUT2D eigenvalue weighted by molar-refractivity contribution is 7.98. The predicted octanol–water partition coefficient (Wildman–Crippen LogP) is 1.34. The summed E-state index contributed by atoms with van der Waals surface area (Å²) >= 11 is 1.28. The van der Waals surface area contributed by atoms with Crippen molar-refractivity contribution in [3.63, 3.8) is 0 Å². The van der Waals surface area contributed by atoms with Crippen LogP contribution in [0.1, 0.15) is 32.4 Å². The van der Waals surface area contributed by atoms with Crippen molar-refractivity contribution in [2.45, 2.75) is 43.6 Å². The molecule has 2 heterocycles. The zero-order valence-electron chi connectivity index (χ0n) is 11.4. The maximum Gasteiger partial charge on any atom is 0.325 e. The summed E-state index contributed by atoms with van der Waals surface area (Å²) in [5.74, 6) is 0.809. The van der Waals surface area contributed by atoms with Crippen molar-refractivity contribution in [2.24, 2.45) is 0 Å². The molecule has 0 amide bonds. The van der Waals surface area contributed by atoms with Crippen LogP contribution < -0.4 is 0 Å². The first kappa shape index (κ1) is 14.5. The van der Waals surface area contributed by atoms with Crippen LogP contribution in [0.4, 0.5) is 0 Å². The Balaban J connectivity index is 2.00. The number of carboxylic acids is 1. The fraction of sp³-hybridized carbons (Fsp3) is 0.545. The molecule has 0 bridgehead atoms. The molecule has 0 aliphatic rings. The Morgan fingerprint density at radius 2 is 2.25 bits per heavy atom. The maximum absolute atomic E-state index is 10.7. The smallest absolute Gasteiger partial charge is 0.325 e. The minimum absolute atomic E-state index is 0.0964. The van der Waals surface area contributed by atoms with Gasteiger partial charge < -0.3 is 9.52 Å². The van der Waals surface area contributed by atoms with Crippen molar-refractivity contribution in [1.82, 2.24) is 25.2 Å². The van der Waals surface area contributed by atoms with E-state index in [0.29, 0.717) is 16.8 Å². The molecule has 20 heavy (non-hydrogen) atoms. The maximum atomic E-state index is 10.7. The fourth-order valence-corrected chi connectivity index (χ4v) is 2.11. The highest BCUT2D eigenvalue weighted by Gasteiger charge is 2.19. The van der Waals surface area contributed by atoms with Crippen molar-refractivity contribution in [3.8, 4) is 0 Å². The quantitative estimate of drug-likeness (QED) is 0.824. The molecule has 0 radical (unpaired) electrons. The van der Waals surface area contributed by atoms with Crippen molar-refractivity contribution < 1.29 is 14.3 Å². The Morgan fingerprint density at radius 3 is 2.85 bits per heavy atom. The van der Waals surface area contributed by atoms with Crippen molar-refractivity contribution in [1.29, 1.82) is 0 Å². The zero-order chi connectivity index (χ0) is 14.8. The lowest BCUT2D eigenvalue weighted by Gasteiger charge is -2.12. The summed E-state index contributed by atoms with van der Waals surface area (Å²) in [6.45, 7) is 5.85. The van der Waals surface area contributed by atoms with Gasteiger partial charge in [-0.25, -0.2) is 9.67 Å². The Labute approximate surface area is 119 Å². The molecule has 0 atom stereocenters. The Kier molecular flexibility index (Phi) is 4.07. The summed E-state index contributed by atoms with van der Waals surface area (Å²) in [6, 6.07) is 0. The van der Waals surface area contributed by atoms with Gasteiger partial charge in [0.15, 0.2) is 0 Å². The van der Waals surface area contributed by atoms with Gasteiger partial charge >= 0.3 is 5.97 Å². The first-order chi connectivity index (χ1) is 9.36. The monoisotopic (exact) mass is 297 g/mol. The zero-order valence-corrected chi connectivity index (χ0v) is 12.2. The summed E-state index contributed by atoms with van der Waals surface area (Å²) in [5, 5.41) is 20.0. The first-order valence-corrected chi connectivity index (χ1v) is 6.91. The molecule has 9 heteroatoms. The molecule has 1 N–H and O–H groups in total. The topological polar surface area (TPSA) is 107 Å². The van der Waals surface area contributed by atoms with Gasteiger partial charge in [-0.05, 0) is 10.4 Å². The normalized spacial score (nSPS) is 11.8. The van der Waals surface area contributed by atoms with Crippen molar-refractivity contribution in [2.75, 3.05) is 0 Å². The van der Waals surface area contributed by atoms with E-state index >= 15 is 0 Å². The molecule has 108 valence electrons. The number of rotatable bonds is 5. The van der Waals surface area contributed by atoms with Gasteiger partial charge in [0.2, 0.25) is 11.0 Å². The largest absolute Gasteiger partial charge is 0.480 e. The van der Waals surface area contributed by atoms with Crippen molar-refractivity contribution in [3.05, 3.63) is 17.8 Å². The van der Waals surface area contributed by atoms with E-state index < -0.39 is 5.97 Å². The number of aromatic nitrogens is 5. The van der Waals surface area contributed by atoms with Crippen LogP contribution in [0.15, 0.2) is 15.8 Å². The number of hydrogen-bond donors (Lipinski definition) is 1. The fourth-order valence-electron chi connectivity index (χ4n) is 1.38. The predicted molar refractivity (Wildman–Crippen MR) is 70.2 cm³/mol. The SMILES string of the molecule is CC(C)(C)c1cnc(CSc2nnnn2CC(=O)O)o1. The second-order valence-corrected chi connectivity index (χ2v) is 6.11. The summed E-state index contributed by atoms with van der Waals surface area (Å²) in [4.78, 5) is 14.8. The van der Waals surface area contributed by atoms with Gasteiger partial charge in [-0.3, -0.25) is 4.79 Å². The number of hydrogen-bond acceptors (Lipinski definition) is 7. The number of carboxylic acid groups (broad SMARTS) is 1. The lowest BCUT2D eigenvalue weighted by atomic mass is 9.94. The van der Waals surface area contributed by atoms with Gasteiger partial charge in [0, 0.05) is 5.41 Å². The lowest BCUT2D eigenvalue weighted by Crippen LogP contribution is -2.11. The van der Waals surface area contributed by atoms with Gasteiger partial charge in [-0.2, -0.15) is 0 Å². The summed E-state index contributed by atoms with van der Waals surface area (Å²) in [6.07, 6.45) is 1.70. The molecule has 0 aromatic carbocycles. The average Bonchev–Trinajstić information content (AvgIpc) is 2.93. The Bertz CT molecular complexity index is 601. The van der Waals surface area contributed by atoms with E-state index in [9.17, 15) is 4.79 Å². The van der Waals surface area contributed by atoms with Gasteiger partial charge in [0.05, 0.1) is 11.9 Å². The van der Waals surface area contributed by atoms with Gasteiger partial charge in [-0.1, -0.05) is 32.5 Å². The standard InChI is InChI=1S/C11H15N5O3S/c1-11(2,3)7-4-12-8(19-7)6-20-10-13-14-15-16(10)5-9(17)18/h4H,5-6H2,1-3H3,(H,17,18). The molecule has 0 fully saturated rings. The number of oxazole rings is 1. The van der Waals surface area contributed by atoms with Gasteiger partial charge in [0.1, 0.15) is 12.3 Å². The third-order valence-corrected chi connectivity index (χ3v) is 3.34. The highest BCUT2D eigenvalue weighted by Crippen LogP contribution is 2.25. The number of aliphatic carboxylic acids is 1. The molecular weight excluding hydrogens is 282 g/mol. The molecule has 2 aromatic rings. The van der Waals surface area contributed by atoms with Crippen LogP contribution in [-0.2, 0) is 22.5 Å². The van der Waals surface area contributed by atoms with Gasteiger partial charge in [-0.15, -0.1) is 5.10 Å². The number of thioether (sulfide) groups is 1. The van der Waals surface area contributed by atoms with E-state index in [0.717, 1.165) is 5.76 Å². The number of carbonyl (C=O) groups is 1. The second-order valence-electron chi connectivity index (χ2n) is 5.17. The molecule has 0 saturated heterocycles. The highest BCUT2D eigenvalue weighted by atomic mass is 32.2. The molecular formula is C11H15N5O3S. The van der Waals surface area contributed by atoms with Crippen LogP contribution in [0.25, 0.3) is 0 Å². The molecule has 0 unspecified atom stereocenters. The Hall–Kier alpha value is -1.90. The van der Waals surface area contributed by atoms with Crippen LogP contribution in [-0.4, -0.2) is 36.3 Å². The molecule has 0 spiro atoms. The van der Waals surface area contributed by atoms with Crippen LogP contribution in [0.3, 0.4) is 0 Å². The molecule has 0 aliphatic carbocycles.